The lowest BCUT2D eigenvalue weighted by Crippen LogP contribution is -1.95. The molecule has 0 radical (unpaired) electrons. The molecule has 3 nitrogen and oxygen atoms in total. The molecule has 1 heterocycles. The molecule has 0 aliphatic rings. The average Bonchev–Trinajstić information content (AvgIpc) is 2.75. The van der Waals surface area contributed by atoms with E-state index in [1.165, 1.54) is 11.4 Å². The first kappa shape index (κ1) is 11.2. The van der Waals surface area contributed by atoms with E-state index in [9.17, 15) is 13.6 Å². The topological polar surface area (TPSA) is 42.9 Å². The minimum absolute atomic E-state index is 0.0689. The van der Waals surface area contributed by atoms with Crippen LogP contribution in [0.4, 0.5) is 8.78 Å². The van der Waals surface area contributed by atoms with E-state index >= 15 is 0 Å². The quantitative estimate of drug-likeness (QED) is 0.777. The molecule has 0 unspecified atom stereocenters. The van der Waals surface area contributed by atoms with Crippen LogP contribution in [0.3, 0.4) is 0 Å². The number of hydrogen-bond donors (Lipinski definition) is 0. The summed E-state index contributed by atoms with van der Waals surface area (Å²) in [6, 6.07) is 3.04. The van der Waals surface area contributed by atoms with Gasteiger partial charge >= 0.3 is 0 Å². The third-order valence-electron chi connectivity index (χ3n) is 1.67. The Labute approximate surface area is 97.7 Å². The Bertz CT molecular complexity index is 516. The zero-order valence-electron chi connectivity index (χ0n) is 7.68. The van der Waals surface area contributed by atoms with E-state index in [4.69, 9.17) is 0 Å². The van der Waals surface area contributed by atoms with Crippen molar-refractivity contribution in [2.75, 3.05) is 0 Å². The summed E-state index contributed by atoms with van der Waals surface area (Å²) in [5.41, 5.74) is 0.165. The van der Waals surface area contributed by atoms with Gasteiger partial charge in [0.1, 0.15) is 11.6 Å². The van der Waals surface area contributed by atoms with E-state index in [2.05, 4.69) is 9.59 Å². The first-order valence-corrected chi connectivity index (χ1v) is 5.76. The van der Waals surface area contributed by atoms with Crippen LogP contribution in [0.2, 0.25) is 0 Å². The molecule has 0 aliphatic carbocycles. The van der Waals surface area contributed by atoms with Crippen molar-refractivity contribution < 1.29 is 13.6 Å². The highest BCUT2D eigenvalue weighted by Gasteiger charge is 2.14. The summed E-state index contributed by atoms with van der Waals surface area (Å²) in [6.07, 6.45) is 0. The Hall–Kier alpha value is -1.34. The van der Waals surface area contributed by atoms with E-state index in [1.807, 2.05) is 0 Å². The smallest absolute Gasteiger partial charge is 0.245 e. The second-order valence-corrected chi connectivity index (χ2v) is 4.38. The van der Waals surface area contributed by atoms with E-state index in [1.54, 1.807) is 0 Å². The highest BCUT2D eigenvalue weighted by molar-refractivity contribution is 8.14. The van der Waals surface area contributed by atoms with Gasteiger partial charge in [0.15, 0.2) is 5.69 Å². The fraction of sp³-hybridized carbons (Fsp3) is 0. The van der Waals surface area contributed by atoms with Crippen LogP contribution < -0.4 is 0 Å². The Balaban J connectivity index is 2.18. The molecule has 1 aromatic carbocycles. The van der Waals surface area contributed by atoms with Crippen molar-refractivity contribution in [1.82, 2.24) is 9.59 Å². The molecule has 7 heteroatoms. The Morgan fingerprint density at radius 3 is 2.81 bits per heavy atom. The Morgan fingerprint density at radius 2 is 2.19 bits per heavy atom. The minimum Gasteiger partial charge on any atom is -0.279 e. The number of rotatable bonds is 2. The molecular formula is C9H4F2N2OS2. The van der Waals surface area contributed by atoms with Crippen LogP contribution in [-0.4, -0.2) is 14.7 Å². The number of aromatic nitrogens is 2. The largest absolute Gasteiger partial charge is 0.279 e. The third-order valence-corrected chi connectivity index (χ3v) is 3.12. The van der Waals surface area contributed by atoms with Crippen LogP contribution >= 0.6 is 23.3 Å². The molecule has 1 aromatic heterocycles. The minimum atomic E-state index is -0.762. The van der Waals surface area contributed by atoms with Crippen molar-refractivity contribution in [1.29, 1.82) is 0 Å². The second kappa shape index (κ2) is 4.67. The van der Waals surface area contributed by atoms with Crippen molar-refractivity contribution in [3.05, 3.63) is 40.9 Å². The summed E-state index contributed by atoms with van der Waals surface area (Å²) in [4.78, 5) is 11.6. The first-order valence-electron chi connectivity index (χ1n) is 4.11. The number of carbonyl (C=O) groups is 1. The summed E-state index contributed by atoms with van der Waals surface area (Å²) in [7, 11) is 0. The average molecular weight is 258 g/mol. The Kier molecular flexibility index (Phi) is 3.25. The molecule has 0 N–H and O–H groups in total. The van der Waals surface area contributed by atoms with Gasteiger partial charge in [-0.05, 0) is 35.4 Å². The maximum absolute atomic E-state index is 13.2. The lowest BCUT2D eigenvalue weighted by Gasteiger charge is -1.99. The SMILES string of the molecule is O=C(Sc1ccc(F)cc1F)c1csnn1. The molecular weight excluding hydrogens is 254 g/mol. The standard InChI is InChI=1S/C9H4F2N2OS2/c10-5-1-2-8(6(11)3-5)16-9(14)7-4-15-13-12-7/h1-4H. The zero-order valence-corrected chi connectivity index (χ0v) is 9.32. The number of hydrogen-bond acceptors (Lipinski definition) is 5. The molecule has 0 saturated carbocycles. The van der Waals surface area contributed by atoms with Crippen molar-refractivity contribution in [2.45, 2.75) is 4.90 Å². The summed E-state index contributed by atoms with van der Waals surface area (Å²) < 4.78 is 29.3. The number of benzene rings is 1. The molecule has 0 atom stereocenters. The fourth-order valence-corrected chi connectivity index (χ4v) is 2.17. The predicted octanol–water partition coefficient (Wildman–Crippen LogP) is 2.75. The molecule has 0 spiro atoms. The Morgan fingerprint density at radius 1 is 1.38 bits per heavy atom. The van der Waals surface area contributed by atoms with Gasteiger partial charge in [-0.25, -0.2) is 8.78 Å². The fourth-order valence-electron chi connectivity index (χ4n) is 0.964. The van der Waals surface area contributed by atoms with Crippen molar-refractivity contribution in [3.63, 3.8) is 0 Å². The summed E-state index contributed by atoms with van der Waals surface area (Å²) in [5, 5.41) is 4.61. The molecule has 2 aromatic rings. The van der Waals surface area contributed by atoms with E-state index in [0.29, 0.717) is 11.8 Å². The van der Waals surface area contributed by atoms with Gasteiger partial charge in [-0.1, -0.05) is 4.49 Å². The van der Waals surface area contributed by atoms with Crippen LogP contribution in [0, 0.1) is 11.6 Å². The summed E-state index contributed by atoms with van der Waals surface area (Å²) in [5.74, 6) is -1.44. The maximum atomic E-state index is 13.2. The molecule has 0 aliphatic heterocycles. The van der Waals surface area contributed by atoms with Gasteiger partial charge < -0.3 is 0 Å². The van der Waals surface area contributed by atoms with E-state index < -0.39 is 16.7 Å². The molecule has 0 fully saturated rings. The van der Waals surface area contributed by atoms with Gasteiger partial charge in [-0.15, -0.1) is 5.10 Å². The van der Waals surface area contributed by atoms with Crippen LogP contribution in [0.5, 0.6) is 0 Å². The summed E-state index contributed by atoms with van der Waals surface area (Å²) in [6.45, 7) is 0. The van der Waals surface area contributed by atoms with E-state index in [-0.39, 0.29) is 10.6 Å². The van der Waals surface area contributed by atoms with Gasteiger partial charge in [-0.3, -0.25) is 4.79 Å². The number of thioether (sulfide) groups is 1. The van der Waals surface area contributed by atoms with Crippen molar-refractivity contribution >= 4 is 28.4 Å². The normalized spacial score (nSPS) is 10.4. The van der Waals surface area contributed by atoms with E-state index in [0.717, 1.165) is 23.7 Å². The summed E-state index contributed by atoms with van der Waals surface area (Å²) >= 11 is 1.70. The van der Waals surface area contributed by atoms with Crippen LogP contribution in [0.25, 0.3) is 0 Å². The third kappa shape index (κ3) is 2.42. The van der Waals surface area contributed by atoms with Crippen LogP contribution in [-0.2, 0) is 0 Å². The maximum Gasteiger partial charge on any atom is 0.245 e. The van der Waals surface area contributed by atoms with Gasteiger partial charge in [0.2, 0.25) is 5.12 Å². The number of carbonyl (C=O) groups excluding carboxylic acids is 1. The molecule has 82 valence electrons. The lowest BCUT2D eigenvalue weighted by molar-refractivity contribution is 0.108. The van der Waals surface area contributed by atoms with Crippen LogP contribution in [0.15, 0.2) is 28.5 Å². The van der Waals surface area contributed by atoms with Crippen molar-refractivity contribution in [2.24, 2.45) is 0 Å². The molecule has 16 heavy (non-hydrogen) atoms. The van der Waals surface area contributed by atoms with Gasteiger partial charge in [0.05, 0.1) is 4.90 Å². The first-order chi connectivity index (χ1) is 7.66. The highest BCUT2D eigenvalue weighted by atomic mass is 32.2. The lowest BCUT2D eigenvalue weighted by atomic mass is 10.3. The monoisotopic (exact) mass is 258 g/mol. The van der Waals surface area contributed by atoms with Gasteiger partial charge in [-0.2, -0.15) is 0 Å². The van der Waals surface area contributed by atoms with Gasteiger partial charge in [0, 0.05) is 11.4 Å². The van der Waals surface area contributed by atoms with Gasteiger partial charge in [0.25, 0.3) is 0 Å². The second-order valence-electron chi connectivity index (χ2n) is 2.75. The number of halogens is 2. The van der Waals surface area contributed by atoms with Crippen LogP contribution in [0.1, 0.15) is 10.5 Å². The molecule has 0 bridgehead atoms. The molecule has 0 saturated heterocycles. The molecule has 2 rings (SSSR count). The molecule has 0 amide bonds. The predicted molar refractivity (Wildman–Crippen MR) is 56.5 cm³/mol. The highest BCUT2D eigenvalue weighted by Crippen LogP contribution is 2.25. The number of nitrogens with zero attached hydrogens (tertiary/aromatic N) is 2. The van der Waals surface area contributed by atoms with Crippen molar-refractivity contribution in [3.8, 4) is 0 Å². The zero-order chi connectivity index (χ0) is 11.5.